The maximum Gasteiger partial charge on any atom is 0.296 e. The van der Waals surface area contributed by atoms with Crippen molar-refractivity contribution in [2.24, 2.45) is 0 Å². The topological polar surface area (TPSA) is 70.2 Å². The van der Waals surface area contributed by atoms with Gasteiger partial charge >= 0.3 is 0 Å². The lowest BCUT2D eigenvalue weighted by atomic mass is 9.84. The van der Waals surface area contributed by atoms with E-state index in [4.69, 9.17) is 0 Å². The molecule has 1 aromatic carbocycles. The lowest BCUT2D eigenvalue weighted by Gasteiger charge is -2.22. The number of aromatic amines is 1. The summed E-state index contributed by atoms with van der Waals surface area (Å²) in [5.41, 5.74) is 2.21. The summed E-state index contributed by atoms with van der Waals surface area (Å²) in [7, 11) is 0. The van der Waals surface area contributed by atoms with Gasteiger partial charge in [0.1, 0.15) is 5.75 Å². The van der Waals surface area contributed by atoms with E-state index >= 15 is 0 Å². The highest BCUT2D eigenvalue weighted by Crippen LogP contribution is 2.39. The van der Waals surface area contributed by atoms with E-state index in [2.05, 4.69) is 38.7 Å². The number of hydrogen-bond donors (Lipinski definition) is 2. The quantitative estimate of drug-likeness (QED) is 0.842. The van der Waals surface area contributed by atoms with Gasteiger partial charge in [0.25, 0.3) is 5.56 Å². The zero-order chi connectivity index (χ0) is 17.5. The third-order valence-electron chi connectivity index (χ3n) is 4.24. The van der Waals surface area contributed by atoms with Crippen LogP contribution in [0.1, 0.15) is 76.0 Å². The zero-order valence-corrected chi connectivity index (χ0v) is 14.7. The minimum absolute atomic E-state index is 0.128. The highest BCUT2D eigenvalue weighted by molar-refractivity contribution is 5.92. The molecule has 2 N–H and O–H groups in total. The SMILES string of the molecule is CC(C)c1cc(C(C)C)c2[nH]c(=O)c(=O)cc(O)c2c1C(C)C. The second-order valence-corrected chi connectivity index (χ2v) is 7.03. The van der Waals surface area contributed by atoms with Gasteiger partial charge in [-0.2, -0.15) is 0 Å². The standard InChI is InChI=1S/C19H25NO3/c1-9(2)12-7-13(10(3)4)18-17(16(12)11(5)6)14(21)8-15(22)19(23)20-18/h7-11,21H,1-6H3,(H,20,22,23). The van der Waals surface area contributed by atoms with E-state index in [-0.39, 0.29) is 23.5 Å². The van der Waals surface area contributed by atoms with Crippen molar-refractivity contribution in [2.75, 3.05) is 0 Å². The molecule has 23 heavy (non-hydrogen) atoms. The number of fused-ring (bicyclic) bond motifs is 1. The fraction of sp³-hybridized carbons (Fsp3) is 0.474. The summed E-state index contributed by atoms with van der Waals surface area (Å²) in [6, 6.07) is 3.13. The summed E-state index contributed by atoms with van der Waals surface area (Å²) in [5, 5.41) is 11.1. The Balaban J connectivity index is 3.23. The molecule has 0 saturated heterocycles. The maximum absolute atomic E-state index is 12.0. The predicted molar refractivity (Wildman–Crippen MR) is 94.8 cm³/mol. The van der Waals surface area contributed by atoms with Crippen LogP contribution in [0.5, 0.6) is 5.75 Å². The lowest BCUT2D eigenvalue weighted by molar-refractivity contribution is 0.480. The molecule has 0 atom stereocenters. The van der Waals surface area contributed by atoms with Crippen LogP contribution in [0.2, 0.25) is 0 Å². The van der Waals surface area contributed by atoms with Crippen LogP contribution in [0.4, 0.5) is 0 Å². The molecular formula is C19H25NO3. The number of aromatic hydroxyl groups is 1. The molecule has 1 aromatic heterocycles. The van der Waals surface area contributed by atoms with Crippen molar-refractivity contribution in [1.82, 2.24) is 4.98 Å². The number of hydrogen-bond acceptors (Lipinski definition) is 3. The minimum atomic E-state index is -0.728. The normalized spacial score (nSPS) is 11.9. The van der Waals surface area contributed by atoms with Crippen molar-refractivity contribution in [3.8, 4) is 5.75 Å². The first kappa shape index (κ1) is 17.3. The van der Waals surface area contributed by atoms with Gasteiger partial charge in [-0.05, 0) is 34.4 Å². The van der Waals surface area contributed by atoms with Crippen LogP contribution in [0.3, 0.4) is 0 Å². The van der Waals surface area contributed by atoms with Crippen molar-refractivity contribution in [1.29, 1.82) is 0 Å². The molecular weight excluding hydrogens is 290 g/mol. The van der Waals surface area contributed by atoms with Gasteiger partial charge in [-0.25, -0.2) is 0 Å². The summed E-state index contributed by atoms with van der Waals surface area (Å²) in [6.45, 7) is 12.4. The first-order valence-corrected chi connectivity index (χ1v) is 8.12. The third kappa shape index (κ3) is 3.03. The molecule has 0 radical (unpaired) electrons. The fourth-order valence-corrected chi connectivity index (χ4v) is 3.13. The first-order valence-electron chi connectivity index (χ1n) is 8.12. The second kappa shape index (κ2) is 6.19. The molecule has 0 aliphatic heterocycles. The van der Waals surface area contributed by atoms with Gasteiger partial charge < -0.3 is 10.1 Å². The molecule has 0 bridgehead atoms. The number of rotatable bonds is 3. The fourth-order valence-electron chi connectivity index (χ4n) is 3.13. The van der Waals surface area contributed by atoms with Crippen LogP contribution >= 0.6 is 0 Å². The third-order valence-corrected chi connectivity index (χ3v) is 4.24. The summed E-state index contributed by atoms with van der Waals surface area (Å²) >= 11 is 0. The number of H-pyrrole nitrogens is 1. The van der Waals surface area contributed by atoms with Gasteiger partial charge in [-0.3, -0.25) is 9.59 Å². The molecule has 0 unspecified atom stereocenters. The number of aromatic nitrogens is 1. The molecule has 2 aromatic rings. The largest absolute Gasteiger partial charge is 0.507 e. The Kier molecular flexibility index (Phi) is 4.64. The highest BCUT2D eigenvalue weighted by atomic mass is 16.3. The minimum Gasteiger partial charge on any atom is -0.507 e. The van der Waals surface area contributed by atoms with E-state index in [1.165, 1.54) is 0 Å². The van der Waals surface area contributed by atoms with Gasteiger partial charge in [0.05, 0.1) is 5.52 Å². The van der Waals surface area contributed by atoms with E-state index in [9.17, 15) is 14.7 Å². The molecule has 4 nitrogen and oxygen atoms in total. The van der Waals surface area contributed by atoms with Gasteiger partial charge in [0.2, 0.25) is 5.43 Å². The van der Waals surface area contributed by atoms with Crippen molar-refractivity contribution >= 4 is 10.9 Å². The molecule has 4 heteroatoms. The Hall–Kier alpha value is -2.10. The van der Waals surface area contributed by atoms with Crippen LogP contribution in [0, 0.1) is 0 Å². The Morgan fingerprint density at radius 3 is 1.91 bits per heavy atom. The summed E-state index contributed by atoms with van der Waals surface area (Å²) < 4.78 is 0. The van der Waals surface area contributed by atoms with Crippen LogP contribution in [0.25, 0.3) is 10.9 Å². The summed E-state index contributed by atoms with van der Waals surface area (Å²) in [5.74, 6) is 0.459. The molecule has 0 amide bonds. The molecule has 2 rings (SSSR count). The van der Waals surface area contributed by atoms with E-state index in [1.54, 1.807) is 0 Å². The first-order chi connectivity index (χ1) is 10.6. The van der Waals surface area contributed by atoms with Crippen LogP contribution in [-0.2, 0) is 0 Å². The molecule has 0 aliphatic rings. The van der Waals surface area contributed by atoms with E-state index in [1.807, 2.05) is 13.8 Å². The molecule has 0 fully saturated rings. The van der Waals surface area contributed by atoms with Gasteiger partial charge in [-0.1, -0.05) is 47.6 Å². The van der Waals surface area contributed by atoms with Crippen LogP contribution < -0.4 is 11.0 Å². The van der Waals surface area contributed by atoms with Crippen molar-refractivity contribution < 1.29 is 5.11 Å². The molecule has 0 spiro atoms. The molecule has 0 saturated carbocycles. The summed E-state index contributed by atoms with van der Waals surface area (Å²) in [6.07, 6.45) is 0. The van der Waals surface area contributed by atoms with Crippen molar-refractivity contribution in [3.63, 3.8) is 0 Å². The van der Waals surface area contributed by atoms with Gasteiger partial charge in [0, 0.05) is 11.5 Å². The van der Waals surface area contributed by atoms with Gasteiger partial charge in [-0.15, -0.1) is 0 Å². The second-order valence-electron chi connectivity index (χ2n) is 7.03. The Labute approximate surface area is 136 Å². The van der Waals surface area contributed by atoms with Crippen LogP contribution in [-0.4, -0.2) is 10.1 Å². The maximum atomic E-state index is 12.0. The number of benzene rings is 1. The Morgan fingerprint density at radius 2 is 1.43 bits per heavy atom. The van der Waals surface area contributed by atoms with Crippen molar-refractivity contribution in [3.05, 3.63) is 49.4 Å². The lowest BCUT2D eigenvalue weighted by Crippen LogP contribution is -2.22. The van der Waals surface area contributed by atoms with Gasteiger partial charge in [0.15, 0.2) is 0 Å². The van der Waals surface area contributed by atoms with E-state index in [0.29, 0.717) is 10.9 Å². The zero-order valence-electron chi connectivity index (χ0n) is 14.7. The smallest absolute Gasteiger partial charge is 0.296 e. The van der Waals surface area contributed by atoms with E-state index in [0.717, 1.165) is 22.8 Å². The molecule has 1 heterocycles. The average Bonchev–Trinajstić information content (AvgIpc) is 2.54. The van der Waals surface area contributed by atoms with Crippen molar-refractivity contribution in [2.45, 2.75) is 59.3 Å². The number of nitrogens with one attached hydrogen (secondary N) is 1. The van der Waals surface area contributed by atoms with E-state index < -0.39 is 11.0 Å². The summed E-state index contributed by atoms with van der Waals surface area (Å²) in [4.78, 5) is 26.5. The van der Waals surface area contributed by atoms with Crippen LogP contribution in [0.15, 0.2) is 21.7 Å². The molecule has 0 aliphatic carbocycles. The Bertz CT molecular complexity index is 861. The highest BCUT2D eigenvalue weighted by Gasteiger charge is 2.21. The average molecular weight is 315 g/mol. The molecule has 124 valence electrons. The predicted octanol–water partition coefficient (Wildman–Crippen LogP) is 3.96. The Morgan fingerprint density at radius 1 is 0.870 bits per heavy atom. The monoisotopic (exact) mass is 315 g/mol.